The van der Waals surface area contributed by atoms with Gasteiger partial charge in [-0.05, 0) is 244 Å². The molecular weight excluding hydrogens is 1090 g/mol. The summed E-state index contributed by atoms with van der Waals surface area (Å²) in [7, 11) is 0. The van der Waals surface area contributed by atoms with E-state index in [1.54, 1.807) is 24.3 Å². The van der Waals surface area contributed by atoms with Crippen molar-refractivity contribution in [1.82, 2.24) is 0 Å². The van der Waals surface area contributed by atoms with E-state index in [4.69, 9.17) is 9.47 Å². The zero-order chi connectivity index (χ0) is 61.8. The van der Waals surface area contributed by atoms with Gasteiger partial charge in [-0.1, -0.05) is 117 Å². The first kappa shape index (κ1) is 55.8. The van der Waals surface area contributed by atoms with Crippen molar-refractivity contribution in [3.8, 4) is 56.0 Å². The van der Waals surface area contributed by atoms with Crippen LogP contribution in [0, 0.1) is 13.8 Å². The number of amides is 4. The molecule has 14 rings (SSSR count). The lowest BCUT2D eigenvalue weighted by atomic mass is 9.87. The normalized spacial score (nSPS) is 13.6. The van der Waals surface area contributed by atoms with Crippen LogP contribution in [0.3, 0.4) is 0 Å². The molecule has 0 unspecified atom stereocenters. The first-order valence-corrected chi connectivity index (χ1v) is 30.3. The maximum atomic E-state index is 15.0. The predicted molar refractivity (Wildman–Crippen MR) is 352 cm³/mol. The summed E-state index contributed by atoms with van der Waals surface area (Å²) in [6, 6.07) is 40.9. The quantitative estimate of drug-likeness (QED) is 0.0483. The van der Waals surface area contributed by atoms with E-state index in [0.717, 1.165) is 124 Å². The minimum absolute atomic E-state index is 0.114. The predicted octanol–water partition coefficient (Wildman–Crippen LogP) is 18.3. The molecule has 4 amide bonds. The summed E-state index contributed by atoms with van der Waals surface area (Å²) in [4.78, 5) is 87.2. The van der Waals surface area contributed by atoms with E-state index in [1.165, 1.54) is 32.1 Å². The smallest absolute Gasteiger partial charge is 0.335 e. The topological polar surface area (TPSA) is 127 Å². The molecule has 0 spiro atoms. The minimum Gasteiger partial charge on any atom is -0.423 e. The Balaban J connectivity index is 0.764. The zero-order valence-corrected chi connectivity index (χ0v) is 51.0. The maximum Gasteiger partial charge on any atom is 0.335 e. The van der Waals surface area contributed by atoms with Crippen LogP contribution < -0.4 is 19.3 Å². The number of ether oxygens (including phenoxy) is 2. The van der Waals surface area contributed by atoms with E-state index in [-0.39, 0.29) is 47.3 Å². The first-order chi connectivity index (χ1) is 42.1. The van der Waals surface area contributed by atoms with E-state index >= 15 is 0 Å². The number of anilines is 2. The molecular formula is C78H64N2O8. The van der Waals surface area contributed by atoms with Crippen molar-refractivity contribution < 1.29 is 38.2 Å². The minimum atomic E-state index is -0.589. The van der Waals surface area contributed by atoms with Gasteiger partial charge in [-0.3, -0.25) is 19.2 Å². The zero-order valence-electron chi connectivity index (χ0n) is 51.0. The molecule has 2 aliphatic heterocycles. The molecule has 10 aromatic rings. The fourth-order valence-corrected chi connectivity index (χ4v) is 14.4. The second-order valence-electron chi connectivity index (χ2n) is 25.4. The Hall–Kier alpha value is -10.1. The molecule has 0 N–H and O–H groups in total. The van der Waals surface area contributed by atoms with Gasteiger partial charge >= 0.3 is 11.9 Å². The third-order valence-corrected chi connectivity index (χ3v) is 18.7. The standard InChI is InChI=1S/C78H64N2O8/c1-13-67(81)87-49-33-59(37(3)4)73(60(34-49)38(5)6)79-75(83)55-21-17-51-63-29-45-25-41(11)43(27-47(45)31-65(63)53-19-23-57(77(79)85)71(55)69(51)53)15-16-44-28-48-32-66-54-20-24-58-72-56(22-18-52(70(54)72)64(66)30-46(48)26-42(44)12)76(84)80(78(58)86)74-61(39(7)8)35-50(88-68(82)14-2)36-62(74)40(9)10/h13-14,17-40H,1-2,15-16H2,3-12H3. The van der Waals surface area contributed by atoms with E-state index in [2.05, 4.69) is 75.5 Å². The van der Waals surface area contributed by atoms with Crippen LogP contribution in [-0.4, -0.2) is 35.6 Å². The van der Waals surface area contributed by atoms with Crippen LogP contribution >= 0.6 is 0 Å². The van der Waals surface area contributed by atoms with Gasteiger partial charge in [0.15, 0.2) is 0 Å². The Morgan fingerprint density at radius 2 is 0.625 bits per heavy atom. The van der Waals surface area contributed by atoms with Crippen molar-refractivity contribution in [2.75, 3.05) is 9.80 Å². The molecule has 0 bridgehead atoms. The second-order valence-corrected chi connectivity index (χ2v) is 25.4. The number of esters is 2. The lowest BCUT2D eigenvalue weighted by molar-refractivity contribution is -0.129. The monoisotopic (exact) mass is 1160 g/mol. The molecule has 88 heavy (non-hydrogen) atoms. The second kappa shape index (κ2) is 20.3. The van der Waals surface area contributed by atoms with Crippen molar-refractivity contribution in [3.05, 3.63) is 213 Å². The van der Waals surface area contributed by atoms with Gasteiger partial charge in [0, 0.05) is 45.2 Å². The summed E-state index contributed by atoms with van der Waals surface area (Å²) < 4.78 is 11.2. The summed E-state index contributed by atoms with van der Waals surface area (Å²) in [5.74, 6) is -2.51. The fraction of sp³-hybridized carbons (Fsp3) is 0.205. The van der Waals surface area contributed by atoms with Gasteiger partial charge < -0.3 is 9.47 Å². The summed E-state index contributed by atoms with van der Waals surface area (Å²) in [5.41, 5.74) is 19.0. The maximum absolute atomic E-state index is 15.0. The highest BCUT2D eigenvalue weighted by molar-refractivity contribution is 6.40. The van der Waals surface area contributed by atoms with Gasteiger partial charge in [0.25, 0.3) is 23.6 Å². The Bertz CT molecular complexity index is 4540. The molecule has 0 radical (unpaired) electrons. The number of hydrogen-bond acceptors (Lipinski definition) is 8. The number of hydrogen-bond donors (Lipinski definition) is 0. The molecule has 10 nitrogen and oxygen atoms in total. The molecule has 10 aromatic carbocycles. The molecule has 0 atom stereocenters. The first-order valence-electron chi connectivity index (χ1n) is 30.3. The molecule has 0 aromatic heterocycles. The fourth-order valence-electron chi connectivity index (χ4n) is 14.4. The Morgan fingerprint density at radius 3 is 0.886 bits per heavy atom. The van der Waals surface area contributed by atoms with E-state index in [0.29, 0.717) is 55.9 Å². The number of rotatable bonds is 13. The lowest BCUT2D eigenvalue weighted by Crippen LogP contribution is -2.41. The van der Waals surface area contributed by atoms with Gasteiger partial charge in [-0.2, -0.15) is 0 Å². The van der Waals surface area contributed by atoms with Crippen LogP contribution in [-0.2, 0) is 22.4 Å². The summed E-state index contributed by atoms with van der Waals surface area (Å²) in [6.45, 7) is 27.4. The van der Waals surface area contributed by atoms with Crippen molar-refractivity contribution >= 4 is 90.0 Å². The van der Waals surface area contributed by atoms with E-state index in [9.17, 15) is 28.8 Å². The lowest BCUT2D eigenvalue weighted by Gasteiger charge is -2.32. The van der Waals surface area contributed by atoms with Crippen molar-refractivity contribution in [1.29, 1.82) is 0 Å². The summed E-state index contributed by atoms with van der Waals surface area (Å²) in [6.07, 6.45) is 3.86. The highest BCUT2D eigenvalue weighted by atomic mass is 16.5. The molecule has 10 heteroatoms. The molecule has 4 aliphatic rings. The molecule has 434 valence electrons. The van der Waals surface area contributed by atoms with Crippen LogP contribution in [0.4, 0.5) is 11.4 Å². The molecule has 0 saturated carbocycles. The number of fused-ring (bicyclic) bond motifs is 8. The molecule has 2 aliphatic carbocycles. The van der Waals surface area contributed by atoms with E-state index in [1.807, 2.05) is 104 Å². The average Bonchev–Trinajstić information content (AvgIpc) is 1.54. The highest BCUT2D eigenvalue weighted by Gasteiger charge is 2.42. The van der Waals surface area contributed by atoms with Crippen molar-refractivity contribution in [2.45, 2.75) is 106 Å². The third-order valence-electron chi connectivity index (χ3n) is 18.7. The SMILES string of the molecule is C=CC(=O)Oc1cc(C(C)C)c(N2C(=O)c3ccc4c5c(ccc(c35)C2=O)-c2cc3cc(CCc5cc6cc7c(cc6cc5C)-c5ccc6c8c(ccc-7c58)C(=O)N(c5c(C(C)C)cc(OC(=O)C=C)cc5C(C)C)C6=O)c(C)cc3cc2-4)c(C(C)C)c1. The van der Waals surface area contributed by atoms with Crippen LogP contribution in [0.25, 0.3) is 87.6 Å². The number of aryl methyl sites for hydroxylation is 4. The van der Waals surface area contributed by atoms with Gasteiger partial charge in [0.1, 0.15) is 11.5 Å². The van der Waals surface area contributed by atoms with E-state index < -0.39 is 11.9 Å². The Morgan fingerprint density at radius 1 is 0.375 bits per heavy atom. The van der Waals surface area contributed by atoms with Gasteiger partial charge in [0.2, 0.25) is 0 Å². The van der Waals surface area contributed by atoms with Crippen LogP contribution in [0.5, 0.6) is 11.5 Å². The van der Waals surface area contributed by atoms with Crippen LogP contribution in [0.1, 0.15) is 165 Å². The Kier molecular flexibility index (Phi) is 12.9. The number of carbonyl (C=O) groups excluding carboxylic acids is 6. The van der Waals surface area contributed by atoms with Gasteiger partial charge in [-0.15, -0.1) is 0 Å². The molecule has 2 heterocycles. The number of carbonyl (C=O) groups is 6. The number of nitrogens with zero attached hydrogens (tertiary/aromatic N) is 2. The van der Waals surface area contributed by atoms with Gasteiger partial charge in [0.05, 0.1) is 11.4 Å². The van der Waals surface area contributed by atoms with Crippen LogP contribution in [0.2, 0.25) is 0 Å². The number of imide groups is 2. The van der Waals surface area contributed by atoms with Crippen molar-refractivity contribution in [3.63, 3.8) is 0 Å². The molecule has 0 fully saturated rings. The van der Waals surface area contributed by atoms with Gasteiger partial charge in [-0.25, -0.2) is 19.4 Å². The van der Waals surface area contributed by atoms with Crippen molar-refractivity contribution in [2.24, 2.45) is 0 Å². The largest absolute Gasteiger partial charge is 0.423 e. The Labute approximate surface area is 510 Å². The molecule has 0 saturated heterocycles. The average molecular weight is 1160 g/mol. The third kappa shape index (κ3) is 8.28. The number of benzene rings is 10. The summed E-state index contributed by atoms with van der Waals surface area (Å²) in [5, 5.41) is 7.62. The van der Waals surface area contributed by atoms with Crippen LogP contribution in [0.15, 0.2) is 147 Å². The summed E-state index contributed by atoms with van der Waals surface area (Å²) >= 11 is 0. The highest BCUT2D eigenvalue weighted by Crippen LogP contribution is 2.55.